The van der Waals surface area contributed by atoms with E-state index in [9.17, 15) is 4.79 Å². The summed E-state index contributed by atoms with van der Waals surface area (Å²) in [6, 6.07) is 14.2. The lowest BCUT2D eigenvalue weighted by Gasteiger charge is -2.42. The highest BCUT2D eigenvalue weighted by Crippen LogP contribution is 2.46. The van der Waals surface area contributed by atoms with E-state index in [0.717, 1.165) is 23.2 Å². The summed E-state index contributed by atoms with van der Waals surface area (Å²) in [5.41, 5.74) is 6.87. The molecule has 130 valence electrons. The summed E-state index contributed by atoms with van der Waals surface area (Å²) in [7, 11) is 0. The average Bonchev–Trinajstić information content (AvgIpc) is 2.59. The first-order valence-electron chi connectivity index (χ1n) is 8.89. The molecule has 0 aromatic heterocycles. The second kappa shape index (κ2) is 6.18. The molecule has 0 bridgehead atoms. The fourth-order valence-corrected chi connectivity index (χ4v) is 3.68. The van der Waals surface area contributed by atoms with Crippen LogP contribution in [0.1, 0.15) is 67.6 Å². The van der Waals surface area contributed by atoms with Crippen LogP contribution >= 0.6 is 0 Å². The summed E-state index contributed by atoms with van der Waals surface area (Å²) in [4.78, 5) is 10.8. The van der Waals surface area contributed by atoms with Crippen LogP contribution in [0.5, 0.6) is 0 Å². The van der Waals surface area contributed by atoms with Crippen molar-refractivity contribution in [3.63, 3.8) is 0 Å². The van der Waals surface area contributed by atoms with Crippen molar-refractivity contribution in [2.45, 2.75) is 51.4 Å². The minimum Gasteiger partial charge on any atom is -0.356 e. The van der Waals surface area contributed by atoms with Gasteiger partial charge in [-0.05, 0) is 52.5 Å². The predicted molar refractivity (Wildman–Crippen MR) is 106 cm³/mol. The van der Waals surface area contributed by atoms with Crippen LogP contribution in [0.25, 0.3) is 5.70 Å². The molecule has 2 nitrogen and oxygen atoms in total. The summed E-state index contributed by atoms with van der Waals surface area (Å²) in [6.07, 6.45) is 3.27. The van der Waals surface area contributed by atoms with E-state index >= 15 is 0 Å². The Morgan fingerprint density at radius 3 is 2.16 bits per heavy atom. The summed E-state index contributed by atoms with van der Waals surface area (Å²) >= 11 is 0. The monoisotopic (exact) mass is 333 g/mol. The van der Waals surface area contributed by atoms with Crippen LogP contribution in [0.2, 0.25) is 0 Å². The maximum atomic E-state index is 10.8. The lowest BCUT2D eigenvalue weighted by atomic mass is 9.63. The van der Waals surface area contributed by atoms with Crippen molar-refractivity contribution in [1.29, 1.82) is 0 Å². The van der Waals surface area contributed by atoms with Crippen LogP contribution in [-0.2, 0) is 10.8 Å². The molecular formula is C23H27NO. The lowest BCUT2D eigenvalue weighted by Crippen LogP contribution is -2.33. The summed E-state index contributed by atoms with van der Waals surface area (Å²) < 4.78 is 0. The van der Waals surface area contributed by atoms with E-state index in [1.54, 1.807) is 0 Å². The van der Waals surface area contributed by atoms with Crippen LogP contribution < -0.4 is 5.32 Å². The maximum absolute atomic E-state index is 10.8. The Kier molecular flexibility index (Phi) is 4.32. The Bertz CT molecular complexity index is 812. The molecule has 0 fully saturated rings. The van der Waals surface area contributed by atoms with Crippen LogP contribution in [0.15, 0.2) is 49.0 Å². The number of aldehydes is 1. The average molecular weight is 333 g/mol. The molecule has 0 spiro atoms. The third-order valence-corrected chi connectivity index (χ3v) is 5.54. The molecule has 0 heterocycles. The molecular weight excluding hydrogens is 306 g/mol. The zero-order chi connectivity index (χ0) is 18.2. The summed E-state index contributed by atoms with van der Waals surface area (Å²) in [6.45, 7) is 13.5. The van der Waals surface area contributed by atoms with Gasteiger partial charge in [-0.15, -0.1) is 0 Å². The number of hydrogen-bond donors (Lipinski definition) is 1. The van der Waals surface area contributed by atoms with E-state index in [1.165, 1.54) is 24.0 Å². The minimum absolute atomic E-state index is 0.190. The Hall–Kier alpha value is -2.35. The number of benzene rings is 2. The Morgan fingerprint density at radius 1 is 0.960 bits per heavy atom. The topological polar surface area (TPSA) is 29.1 Å². The molecule has 0 saturated heterocycles. The van der Waals surface area contributed by atoms with Crippen molar-refractivity contribution in [1.82, 2.24) is 0 Å². The van der Waals surface area contributed by atoms with Crippen molar-refractivity contribution in [3.05, 3.63) is 71.3 Å². The van der Waals surface area contributed by atoms with Crippen molar-refractivity contribution < 1.29 is 4.79 Å². The second-order valence-corrected chi connectivity index (χ2v) is 8.37. The number of hydrogen-bond acceptors (Lipinski definition) is 2. The van der Waals surface area contributed by atoms with Crippen molar-refractivity contribution in [3.8, 4) is 0 Å². The van der Waals surface area contributed by atoms with Gasteiger partial charge in [0.15, 0.2) is 0 Å². The number of fused-ring (bicyclic) bond motifs is 1. The van der Waals surface area contributed by atoms with Gasteiger partial charge in [0.2, 0.25) is 0 Å². The van der Waals surface area contributed by atoms with E-state index in [-0.39, 0.29) is 10.8 Å². The highest BCUT2D eigenvalue weighted by atomic mass is 16.1. The highest BCUT2D eigenvalue weighted by molar-refractivity contribution is 5.79. The number of carbonyl (C=O) groups excluding carboxylic acids is 1. The first-order valence-corrected chi connectivity index (χ1v) is 8.89. The quantitative estimate of drug-likeness (QED) is 0.702. The Balaban J connectivity index is 1.89. The Morgan fingerprint density at radius 2 is 1.56 bits per heavy atom. The molecule has 1 N–H and O–H groups in total. The second-order valence-electron chi connectivity index (χ2n) is 8.37. The van der Waals surface area contributed by atoms with Gasteiger partial charge in [0.25, 0.3) is 0 Å². The first kappa shape index (κ1) is 17.5. The van der Waals surface area contributed by atoms with E-state index in [1.807, 2.05) is 24.3 Å². The largest absolute Gasteiger partial charge is 0.356 e. The van der Waals surface area contributed by atoms with Gasteiger partial charge in [0, 0.05) is 16.9 Å². The predicted octanol–water partition coefficient (Wildman–Crippen LogP) is 5.93. The van der Waals surface area contributed by atoms with Crippen molar-refractivity contribution in [2.75, 3.05) is 5.32 Å². The molecule has 2 aromatic rings. The normalized spacial score (nSPS) is 17.4. The fraction of sp³-hybridized carbons (Fsp3) is 0.348. The molecule has 1 aliphatic carbocycles. The van der Waals surface area contributed by atoms with Crippen LogP contribution in [0.3, 0.4) is 0 Å². The van der Waals surface area contributed by atoms with Crippen molar-refractivity contribution >= 4 is 17.7 Å². The third-order valence-electron chi connectivity index (χ3n) is 5.54. The smallest absolute Gasteiger partial charge is 0.150 e. The van der Waals surface area contributed by atoms with Gasteiger partial charge in [0.1, 0.15) is 6.29 Å². The first-order chi connectivity index (χ1) is 11.7. The third kappa shape index (κ3) is 3.39. The Labute approximate surface area is 151 Å². The molecule has 2 aromatic carbocycles. The van der Waals surface area contributed by atoms with Crippen LogP contribution in [0.4, 0.5) is 5.69 Å². The van der Waals surface area contributed by atoms with E-state index in [2.05, 4.69) is 57.8 Å². The molecule has 0 unspecified atom stereocenters. The molecule has 25 heavy (non-hydrogen) atoms. The van der Waals surface area contributed by atoms with Crippen molar-refractivity contribution in [2.24, 2.45) is 0 Å². The van der Waals surface area contributed by atoms with Crippen LogP contribution in [-0.4, -0.2) is 6.29 Å². The summed E-state index contributed by atoms with van der Waals surface area (Å²) in [5, 5.41) is 3.43. The fourth-order valence-electron chi connectivity index (χ4n) is 3.68. The van der Waals surface area contributed by atoms with Gasteiger partial charge in [0.05, 0.1) is 0 Å². The standard InChI is InChI=1S/C23H27NO/c1-16(18-8-6-17(15-25)7-9-18)24-19-10-11-20-21(14-19)23(4,5)13-12-22(20,2)3/h6-11,14-15,24H,1,12-13H2,2-5H3. The highest BCUT2D eigenvalue weighted by Gasteiger charge is 2.36. The summed E-state index contributed by atoms with van der Waals surface area (Å²) in [5.74, 6) is 0. The SMILES string of the molecule is C=C(Nc1ccc2c(c1)C(C)(C)CCC2(C)C)c1ccc(C=O)cc1. The van der Waals surface area contributed by atoms with Gasteiger partial charge in [-0.2, -0.15) is 0 Å². The number of carbonyl (C=O) groups is 1. The molecule has 2 heteroatoms. The van der Waals surface area contributed by atoms with E-state index in [0.29, 0.717) is 5.56 Å². The molecule has 0 radical (unpaired) electrons. The van der Waals surface area contributed by atoms with E-state index < -0.39 is 0 Å². The number of anilines is 1. The van der Waals surface area contributed by atoms with E-state index in [4.69, 9.17) is 0 Å². The number of rotatable bonds is 4. The molecule has 0 saturated carbocycles. The van der Waals surface area contributed by atoms with Crippen LogP contribution in [0, 0.1) is 0 Å². The minimum atomic E-state index is 0.190. The molecule has 3 rings (SSSR count). The maximum Gasteiger partial charge on any atom is 0.150 e. The molecule has 0 amide bonds. The molecule has 0 aliphatic heterocycles. The van der Waals surface area contributed by atoms with Gasteiger partial charge >= 0.3 is 0 Å². The van der Waals surface area contributed by atoms with Gasteiger partial charge in [-0.1, -0.05) is 64.6 Å². The number of nitrogens with one attached hydrogen (secondary N) is 1. The van der Waals surface area contributed by atoms with Gasteiger partial charge in [-0.25, -0.2) is 0 Å². The van der Waals surface area contributed by atoms with Gasteiger partial charge in [-0.3, -0.25) is 4.79 Å². The molecule has 0 atom stereocenters. The zero-order valence-electron chi connectivity index (χ0n) is 15.6. The lowest BCUT2D eigenvalue weighted by molar-refractivity contribution is 0.112. The van der Waals surface area contributed by atoms with Gasteiger partial charge < -0.3 is 5.32 Å². The molecule has 1 aliphatic rings. The zero-order valence-corrected chi connectivity index (χ0v) is 15.6.